The quantitative estimate of drug-likeness (QED) is 0.503. The highest BCUT2D eigenvalue weighted by atomic mass is 32.1. The second-order valence-corrected chi connectivity index (χ2v) is 6.17. The molecule has 8 heteroatoms. The molecule has 1 aromatic carbocycles. The standard InChI is InChI=1S/C13H13N3O3S2/c1-8-11(21-13(20)15-8)6-12(17)14-7-9-4-2-3-5-10(9)16(18)19/h2-5H,6-7H2,1H3,(H,14,17)(H,15,20). The van der Waals surface area contributed by atoms with Crippen LogP contribution in [0.5, 0.6) is 0 Å². The highest BCUT2D eigenvalue weighted by Crippen LogP contribution is 2.18. The summed E-state index contributed by atoms with van der Waals surface area (Å²) in [7, 11) is 0. The Morgan fingerprint density at radius 3 is 2.81 bits per heavy atom. The molecular weight excluding hydrogens is 310 g/mol. The van der Waals surface area contributed by atoms with E-state index < -0.39 is 4.92 Å². The Hall–Kier alpha value is -2.06. The van der Waals surface area contributed by atoms with Gasteiger partial charge in [-0.1, -0.05) is 18.2 Å². The fourth-order valence-electron chi connectivity index (χ4n) is 1.85. The average Bonchev–Trinajstić information content (AvgIpc) is 2.74. The van der Waals surface area contributed by atoms with Crippen molar-refractivity contribution in [1.82, 2.24) is 10.3 Å². The number of hydrogen-bond donors (Lipinski definition) is 2. The molecule has 6 nitrogen and oxygen atoms in total. The van der Waals surface area contributed by atoms with Crippen LogP contribution in [-0.2, 0) is 17.8 Å². The van der Waals surface area contributed by atoms with Crippen molar-refractivity contribution >= 4 is 35.1 Å². The molecule has 21 heavy (non-hydrogen) atoms. The van der Waals surface area contributed by atoms with Gasteiger partial charge in [0.25, 0.3) is 5.69 Å². The monoisotopic (exact) mass is 323 g/mol. The number of nitrogens with zero attached hydrogens (tertiary/aromatic N) is 1. The summed E-state index contributed by atoms with van der Waals surface area (Å²) in [6.07, 6.45) is 0.213. The minimum atomic E-state index is -0.455. The normalized spacial score (nSPS) is 10.3. The van der Waals surface area contributed by atoms with E-state index in [2.05, 4.69) is 10.3 Å². The zero-order valence-corrected chi connectivity index (χ0v) is 12.8. The van der Waals surface area contributed by atoms with Gasteiger partial charge in [-0.2, -0.15) is 0 Å². The lowest BCUT2D eigenvalue weighted by Crippen LogP contribution is -2.24. The summed E-state index contributed by atoms with van der Waals surface area (Å²) in [5.74, 6) is -0.193. The number of nitro benzene ring substituents is 1. The molecule has 1 heterocycles. The summed E-state index contributed by atoms with van der Waals surface area (Å²) in [4.78, 5) is 26.2. The first kappa shape index (κ1) is 15.3. The van der Waals surface area contributed by atoms with Crippen LogP contribution in [0.2, 0.25) is 0 Å². The van der Waals surface area contributed by atoms with Crippen molar-refractivity contribution in [3.8, 4) is 0 Å². The Kier molecular flexibility index (Phi) is 4.81. The third-order valence-corrected chi connectivity index (χ3v) is 4.25. The lowest BCUT2D eigenvalue weighted by Gasteiger charge is -2.05. The van der Waals surface area contributed by atoms with Gasteiger partial charge in [-0.05, 0) is 19.1 Å². The molecule has 0 bridgehead atoms. The van der Waals surface area contributed by atoms with E-state index in [-0.39, 0.29) is 24.6 Å². The van der Waals surface area contributed by atoms with Gasteiger partial charge in [0.15, 0.2) is 3.95 Å². The van der Waals surface area contributed by atoms with Gasteiger partial charge in [0.1, 0.15) is 0 Å². The molecule has 1 aromatic heterocycles. The second kappa shape index (κ2) is 6.59. The highest BCUT2D eigenvalue weighted by molar-refractivity contribution is 7.73. The Bertz CT molecular complexity index is 736. The molecule has 0 aliphatic heterocycles. The summed E-state index contributed by atoms with van der Waals surface area (Å²) in [6.45, 7) is 1.99. The number of amides is 1. The zero-order chi connectivity index (χ0) is 15.4. The molecule has 0 aliphatic carbocycles. The van der Waals surface area contributed by atoms with Crippen molar-refractivity contribution in [3.05, 3.63) is 54.5 Å². The van der Waals surface area contributed by atoms with Crippen molar-refractivity contribution in [3.63, 3.8) is 0 Å². The first-order valence-electron chi connectivity index (χ1n) is 6.15. The molecule has 0 fully saturated rings. The summed E-state index contributed by atoms with van der Waals surface area (Å²) in [5, 5.41) is 13.6. The van der Waals surface area contributed by atoms with E-state index >= 15 is 0 Å². The average molecular weight is 323 g/mol. The van der Waals surface area contributed by atoms with Crippen LogP contribution in [0.4, 0.5) is 5.69 Å². The second-order valence-electron chi connectivity index (χ2n) is 4.40. The van der Waals surface area contributed by atoms with Crippen molar-refractivity contribution in [2.45, 2.75) is 19.9 Å². The van der Waals surface area contributed by atoms with E-state index in [1.54, 1.807) is 18.2 Å². The highest BCUT2D eigenvalue weighted by Gasteiger charge is 2.14. The molecule has 0 saturated carbocycles. The molecule has 2 rings (SSSR count). The molecule has 0 unspecified atom stereocenters. The molecule has 1 amide bonds. The Labute approximate surface area is 130 Å². The van der Waals surface area contributed by atoms with E-state index in [0.29, 0.717) is 9.52 Å². The van der Waals surface area contributed by atoms with Crippen molar-refractivity contribution in [2.24, 2.45) is 0 Å². The van der Waals surface area contributed by atoms with Crippen LogP contribution in [0.25, 0.3) is 0 Å². The summed E-state index contributed by atoms with van der Waals surface area (Å²) in [6, 6.07) is 6.35. The van der Waals surface area contributed by atoms with E-state index in [9.17, 15) is 14.9 Å². The number of benzene rings is 1. The molecule has 0 aliphatic rings. The number of carbonyl (C=O) groups excluding carboxylic acids is 1. The fraction of sp³-hybridized carbons (Fsp3) is 0.231. The Balaban J connectivity index is 2.00. The zero-order valence-electron chi connectivity index (χ0n) is 11.2. The SMILES string of the molecule is Cc1[nH]c(=S)sc1CC(=O)NCc1ccccc1[N+](=O)[O-]. The maximum atomic E-state index is 11.9. The lowest BCUT2D eigenvalue weighted by atomic mass is 10.2. The number of thiazole rings is 1. The first-order chi connectivity index (χ1) is 9.97. The van der Waals surface area contributed by atoms with Crippen LogP contribution in [0.15, 0.2) is 24.3 Å². The van der Waals surface area contributed by atoms with E-state index in [1.807, 2.05) is 6.92 Å². The van der Waals surface area contributed by atoms with Gasteiger partial charge in [0.05, 0.1) is 11.3 Å². The third kappa shape index (κ3) is 3.96. The first-order valence-corrected chi connectivity index (χ1v) is 7.37. The molecule has 110 valence electrons. The number of aromatic amines is 1. The molecule has 0 spiro atoms. The van der Waals surface area contributed by atoms with Crippen LogP contribution >= 0.6 is 23.6 Å². The number of aromatic nitrogens is 1. The molecule has 2 N–H and O–H groups in total. The Morgan fingerprint density at radius 1 is 1.48 bits per heavy atom. The van der Waals surface area contributed by atoms with Crippen molar-refractivity contribution < 1.29 is 9.72 Å². The van der Waals surface area contributed by atoms with Crippen molar-refractivity contribution in [2.75, 3.05) is 0 Å². The van der Waals surface area contributed by atoms with Crippen LogP contribution in [0, 0.1) is 21.0 Å². The Morgan fingerprint density at radius 2 is 2.19 bits per heavy atom. The van der Waals surface area contributed by atoms with Gasteiger partial charge in [-0.15, -0.1) is 11.3 Å². The third-order valence-electron chi connectivity index (χ3n) is 2.91. The smallest absolute Gasteiger partial charge is 0.274 e. The van der Waals surface area contributed by atoms with Crippen LogP contribution < -0.4 is 5.32 Å². The topological polar surface area (TPSA) is 88.0 Å². The fourth-order valence-corrected chi connectivity index (χ4v) is 3.14. The number of hydrogen-bond acceptors (Lipinski definition) is 5. The largest absolute Gasteiger partial charge is 0.351 e. The number of nitrogens with one attached hydrogen (secondary N) is 2. The van der Waals surface area contributed by atoms with E-state index in [4.69, 9.17) is 12.2 Å². The number of H-pyrrole nitrogens is 1. The summed E-state index contributed by atoms with van der Waals surface area (Å²) < 4.78 is 0.633. The lowest BCUT2D eigenvalue weighted by molar-refractivity contribution is -0.385. The van der Waals surface area contributed by atoms with E-state index in [1.165, 1.54) is 17.4 Å². The summed E-state index contributed by atoms with van der Waals surface area (Å²) >= 11 is 6.38. The molecule has 2 aromatic rings. The van der Waals surface area contributed by atoms with Crippen molar-refractivity contribution in [1.29, 1.82) is 0 Å². The number of nitro groups is 1. The number of para-hydroxylation sites is 1. The molecular formula is C13H13N3O3S2. The maximum Gasteiger partial charge on any atom is 0.274 e. The minimum absolute atomic E-state index is 0.00582. The summed E-state index contributed by atoms with van der Waals surface area (Å²) in [5.41, 5.74) is 1.37. The van der Waals surface area contributed by atoms with Crippen LogP contribution in [-0.4, -0.2) is 15.8 Å². The van der Waals surface area contributed by atoms with Gasteiger partial charge in [0, 0.05) is 28.7 Å². The predicted molar refractivity (Wildman–Crippen MR) is 82.9 cm³/mol. The maximum absolute atomic E-state index is 11.9. The van der Waals surface area contributed by atoms with E-state index in [0.717, 1.165) is 10.6 Å². The van der Waals surface area contributed by atoms with Gasteiger partial charge < -0.3 is 10.3 Å². The van der Waals surface area contributed by atoms with Gasteiger partial charge in [0.2, 0.25) is 5.91 Å². The number of rotatable bonds is 5. The van der Waals surface area contributed by atoms with Crippen LogP contribution in [0.3, 0.4) is 0 Å². The van der Waals surface area contributed by atoms with Crippen LogP contribution in [0.1, 0.15) is 16.1 Å². The van der Waals surface area contributed by atoms with Gasteiger partial charge in [-0.25, -0.2) is 0 Å². The molecule has 0 saturated heterocycles. The number of carbonyl (C=O) groups is 1. The molecule has 0 atom stereocenters. The molecule has 0 radical (unpaired) electrons. The van der Waals surface area contributed by atoms with Gasteiger partial charge in [-0.3, -0.25) is 14.9 Å². The minimum Gasteiger partial charge on any atom is -0.351 e. The van der Waals surface area contributed by atoms with Gasteiger partial charge >= 0.3 is 0 Å². The number of aryl methyl sites for hydroxylation is 1. The predicted octanol–water partition coefficient (Wildman–Crippen LogP) is 2.88.